The van der Waals surface area contributed by atoms with Crippen LogP contribution in [-0.4, -0.2) is 10.5 Å². The average molecular weight is 555 g/mol. The lowest BCUT2D eigenvalue weighted by Crippen LogP contribution is -2.33. The third-order valence-corrected chi connectivity index (χ3v) is 6.56. The summed E-state index contributed by atoms with van der Waals surface area (Å²) < 4.78 is 47.4. The average Bonchev–Trinajstić information content (AvgIpc) is 2.97. The number of halogens is 3. The Morgan fingerprint density at radius 1 is 0.805 bits per heavy atom. The molecule has 4 aromatic carbocycles. The van der Waals surface area contributed by atoms with Crippen LogP contribution in [0.5, 0.6) is 11.5 Å². The number of para-hydroxylation sites is 1. The predicted octanol–water partition coefficient (Wildman–Crippen LogP) is 7.55. The molecule has 5 aromatic rings. The maximum atomic E-state index is 13.6. The highest BCUT2D eigenvalue weighted by atomic mass is 19.4. The van der Waals surface area contributed by atoms with Crippen molar-refractivity contribution in [2.45, 2.75) is 19.6 Å². The van der Waals surface area contributed by atoms with Crippen LogP contribution in [0.4, 0.5) is 13.2 Å². The van der Waals surface area contributed by atoms with E-state index >= 15 is 0 Å². The molecule has 0 saturated heterocycles. The highest BCUT2D eigenvalue weighted by Gasteiger charge is 2.31. The minimum Gasteiger partial charge on any atom is -0.457 e. The lowest BCUT2D eigenvalue weighted by atomic mass is 10.0. The zero-order valence-corrected chi connectivity index (χ0v) is 22.0. The van der Waals surface area contributed by atoms with Gasteiger partial charge in [0.1, 0.15) is 17.1 Å². The molecule has 1 N–H and O–H groups in total. The van der Waals surface area contributed by atoms with E-state index in [1.54, 1.807) is 43.3 Å². The van der Waals surface area contributed by atoms with Crippen molar-refractivity contribution in [1.29, 1.82) is 0 Å². The van der Waals surface area contributed by atoms with Gasteiger partial charge in [-0.1, -0.05) is 66.7 Å². The van der Waals surface area contributed by atoms with Crippen LogP contribution in [0.1, 0.15) is 27.2 Å². The number of nitrogens with one attached hydrogen (secondary N) is 1. The zero-order valence-electron chi connectivity index (χ0n) is 22.0. The molecule has 0 aliphatic carbocycles. The first-order chi connectivity index (χ1) is 19.7. The number of carbonyl (C=O) groups excluding carboxylic acids is 1. The van der Waals surface area contributed by atoms with Crippen LogP contribution in [0.15, 0.2) is 120 Å². The molecule has 0 bridgehead atoms. The molecule has 0 saturated carbocycles. The molecule has 0 fully saturated rings. The van der Waals surface area contributed by atoms with Crippen LogP contribution in [0, 0.1) is 6.92 Å². The number of nitrogens with zero attached hydrogens (tertiary/aromatic N) is 1. The molecule has 8 heteroatoms. The van der Waals surface area contributed by atoms with Gasteiger partial charge >= 0.3 is 6.18 Å². The van der Waals surface area contributed by atoms with E-state index in [1.165, 1.54) is 18.2 Å². The third-order valence-electron chi connectivity index (χ3n) is 6.56. The molecule has 5 rings (SSSR count). The van der Waals surface area contributed by atoms with Crippen LogP contribution < -0.4 is 15.6 Å². The second-order valence-corrected chi connectivity index (χ2v) is 9.35. The number of rotatable bonds is 7. The Balaban J connectivity index is 1.46. The van der Waals surface area contributed by atoms with Crippen molar-refractivity contribution in [2.75, 3.05) is 0 Å². The van der Waals surface area contributed by atoms with E-state index in [0.717, 1.165) is 22.3 Å². The predicted molar refractivity (Wildman–Crippen MR) is 151 cm³/mol. The molecular formula is C33H25F3N2O3. The van der Waals surface area contributed by atoms with Crippen molar-refractivity contribution in [3.05, 3.63) is 148 Å². The minimum absolute atomic E-state index is 0.0168. The lowest BCUT2D eigenvalue weighted by molar-refractivity contribution is -0.137. The summed E-state index contributed by atoms with van der Waals surface area (Å²) in [5.41, 5.74) is 0.671. The number of carbonyl (C=O) groups is 1. The standard InChI is InChI=1S/C33H25F3N2O3/c1-22-29(24-9-4-2-5-10-24)20-30(32(40)38(22)26-12-8-11-25(19-26)33(34,35)36)31(39)37-21-23-15-17-28(18-16-23)41-27-13-6-3-7-14-27/h2-20H,21H2,1H3,(H,37,39). The van der Waals surface area contributed by atoms with Gasteiger partial charge in [-0.3, -0.25) is 14.2 Å². The summed E-state index contributed by atoms with van der Waals surface area (Å²) in [6.45, 7) is 1.77. The van der Waals surface area contributed by atoms with Crippen molar-refractivity contribution in [3.63, 3.8) is 0 Å². The molecule has 41 heavy (non-hydrogen) atoms. The highest BCUT2D eigenvalue weighted by Crippen LogP contribution is 2.31. The molecule has 1 amide bonds. The fourth-order valence-electron chi connectivity index (χ4n) is 4.49. The Labute approximate surface area is 234 Å². The molecule has 206 valence electrons. The summed E-state index contributed by atoms with van der Waals surface area (Å²) in [6, 6.07) is 31.5. The monoisotopic (exact) mass is 554 g/mol. The Hall–Kier alpha value is -5.11. The van der Waals surface area contributed by atoms with Gasteiger partial charge in [-0.05, 0) is 66.6 Å². The second kappa shape index (κ2) is 11.6. The van der Waals surface area contributed by atoms with E-state index in [2.05, 4.69) is 5.32 Å². The number of hydrogen-bond donors (Lipinski definition) is 1. The number of hydrogen-bond acceptors (Lipinski definition) is 3. The molecule has 0 atom stereocenters. The SMILES string of the molecule is Cc1c(-c2ccccc2)cc(C(=O)NCc2ccc(Oc3ccccc3)cc2)c(=O)n1-c1cccc(C(F)(F)F)c1. The molecular weight excluding hydrogens is 529 g/mol. The van der Waals surface area contributed by atoms with Gasteiger partial charge in [-0.25, -0.2) is 0 Å². The molecule has 0 aliphatic rings. The number of ether oxygens (including phenoxy) is 1. The second-order valence-electron chi connectivity index (χ2n) is 9.35. The first-order valence-electron chi connectivity index (χ1n) is 12.8. The van der Waals surface area contributed by atoms with Gasteiger partial charge in [0, 0.05) is 23.5 Å². The zero-order chi connectivity index (χ0) is 29.0. The van der Waals surface area contributed by atoms with Gasteiger partial charge in [0.15, 0.2) is 0 Å². The van der Waals surface area contributed by atoms with Gasteiger partial charge in [-0.2, -0.15) is 13.2 Å². The molecule has 1 aromatic heterocycles. The quantitative estimate of drug-likeness (QED) is 0.226. The smallest absolute Gasteiger partial charge is 0.416 e. The van der Waals surface area contributed by atoms with Crippen LogP contribution in [0.25, 0.3) is 16.8 Å². The van der Waals surface area contributed by atoms with E-state index < -0.39 is 23.2 Å². The lowest BCUT2D eigenvalue weighted by Gasteiger charge is -2.18. The van der Waals surface area contributed by atoms with Crippen molar-refractivity contribution in [1.82, 2.24) is 9.88 Å². The summed E-state index contributed by atoms with van der Waals surface area (Å²) in [5.74, 6) is 0.679. The maximum absolute atomic E-state index is 13.6. The molecule has 0 unspecified atom stereocenters. The summed E-state index contributed by atoms with van der Waals surface area (Å²) in [7, 11) is 0. The number of benzene rings is 4. The number of alkyl halides is 3. The van der Waals surface area contributed by atoms with Crippen molar-refractivity contribution in [3.8, 4) is 28.3 Å². The Morgan fingerprint density at radius 3 is 2.10 bits per heavy atom. The van der Waals surface area contributed by atoms with Crippen LogP contribution in [0.2, 0.25) is 0 Å². The molecule has 0 spiro atoms. The van der Waals surface area contributed by atoms with E-state index in [9.17, 15) is 22.8 Å². The van der Waals surface area contributed by atoms with Crippen LogP contribution in [-0.2, 0) is 12.7 Å². The summed E-state index contributed by atoms with van der Waals surface area (Å²) in [4.78, 5) is 26.9. The largest absolute Gasteiger partial charge is 0.457 e. The first-order valence-corrected chi connectivity index (χ1v) is 12.8. The van der Waals surface area contributed by atoms with Gasteiger partial charge < -0.3 is 10.1 Å². The topological polar surface area (TPSA) is 60.3 Å². The van der Waals surface area contributed by atoms with Gasteiger partial charge in [0.05, 0.1) is 5.56 Å². The number of pyridine rings is 1. The fraction of sp³-hybridized carbons (Fsp3) is 0.0909. The van der Waals surface area contributed by atoms with Crippen LogP contribution >= 0.6 is 0 Å². The van der Waals surface area contributed by atoms with Crippen molar-refractivity contribution >= 4 is 5.91 Å². The van der Waals surface area contributed by atoms with Crippen molar-refractivity contribution < 1.29 is 22.7 Å². The summed E-state index contributed by atoms with van der Waals surface area (Å²) in [6.07, 6.45) is -4.59. The van der Waals surface area contributed by atoms with Gasteiger partial charge in [0.2, 0.25) is 0 Å². The Kier molecular flexibility index (Phi) is 7.74. The Bertz CT molecular complexity index is 1730. The normalized spacial score (nSPS) is 11.2. The fourth-order valence-corrected chi connectivity index (χ4v) is 4.49. The first kappa shape index (κ1) is 27.5. The van der Waals surface area contributed by atoms with E-state index in [1.807, 2.05) is 48.5 Å². The van der Waals surface area contributed by atoms with E-state index in [-0.39, 0.29) is 17.8 Å². The summed E-state index contributed by atoms with van der Waals surface area (Å²) in [5, 5.41) is 2.76. The molecule has 5 nitrogen and oxygen atoms in total. The van der Waals surface area contributed by atoms with Gasteiger partial charge in [-0.15, -0.1) is 0 Å². The van der Waals surface area contributed by atoms with Crippen molar-refractivity contribution in [2.24, 2.45) is 0 Å². The third kappa shape index (κ3) is 6.22. The minimum atomic E-state index is -4.59. The van der Waals surface area contributed by atoms with E-state index in [4.69, 9.17) is 4.74 Å². The van der Waals surface area contributed by atoms with Gasteiger partial charge in [0.25, 0.3) is 11.5 Å². The summed E-state index contributed by atoms with van der Waals surface area (Å²) >= 11 is 0. The van der Waals surface area contributed by atoms with Crippen LogP contribution in [0.3, 0.4) is 0 Å². The highest BCUT2D eigenvalue weighted by molar-refractivity contribution is 5.95. The number of amides is 1. The molecule has 1 heterocycles. The maximum Gasteiger partial charge on any atom is 0.416 e. The number of aromatic nitrogens is 1. The molecule has 0 radical (unpaired) electrons. The Morgan fingerprint density at radius 2 is 1.44 bits per heavy atom. The molecule has 0 aliphatic heterocycles. The van der Waals surface area contributed by atoms with E-state index in [0.29, 0.717) is 28.3 Å².